The van der Waals surface area contributed by atoms with Crippen LogP contribution in [0.25, 0.3) is 11.4 Å². The van der Waals surface area contributed by atoms with E-state index < -0.39 is 18.2 Å². The van der Waals surface area contributed by atoms with E-state index in [0.29, 0.717) is 24.6 Å². The normalized spacial score (nSPS) is 22.1. The van der Waals surface area contributed by atoms with E-state index in [2.05, 4.69) is 26.1 Å². The van der Waals surface area contributed by atoms with E-state index in [1.165, 1.54) is 0 Å². The van der Waals surface area contributed by atoms with Crippen molar-refractivity contribution in [2.45, 2.75) is 25.0 Å². The number of hydrogen-bond donors (Lipinski definition) is 1. The van der Waals surface area contributed by atoms with E-state index in [-0.39, 0.29) is 0 Å². The molecule has 1 saturated heterocycles. The molecule has 0 bridgehead atoms. The Morgan fingerprint density at radius 1 is 1.40 bits per heavy atom. The molecule has 2 aromatic rings. The summed E-state index contributed by atoms with van der Waals surface area (Å²) < 4.78 is 11.5. The molecule has 1 aromatic heterocycles. The van der Waals surface area contributed by atoms with Gasteiger partial charge < -0.3 is 14.4 Å². The second-order valence-electron chi connectivity index (χ2n) is 4.50. The van der Waals surface area contributed by atoms with Crippen LogP contribution in [0.2, 0.25) is 0 Å². The van der Waals surface area contributed by atoms with Crippen LogP contribution in [0.4, 0.5) is 0 Å². The zero-order valence-electron chi connectivity index (χ0n) is 10.3. The molecular formula is C13H11BrN2O4. The van der Waals surface area contributed by atoms with Gasteiger partial charge >= 0.3 is 5.97 Å². The smallest absolute Gasteiger partial charge is 0.332 e. The van der Waals surface area contributed by atoms with Crippen molar-refractivity contribution in [3.63, 3.8) is 0 Å². The Bertz CT molecular complexity index is 643. The standard InChI is InChI=1S/C13H11BrN2O4/c14-8-3-1-2-7(6-8)11-15-12(20-16-11)9-4-5-10(19-9)13(17)18/h1-3,6,9-10H,4-5H2,(H,17,18). The third kappa shape index (κ3) is 2.59. The van der Waals surface area contributed by atoms with Crippen LogP contribution in [0.15, 0.2) is 33.3 Å². The van der Waals surface area contributed by atoms with Gasteiger partial charge in [0.05, 0.1) is 0 Å². The van der Waals surface area contributed by atoms with Crippen LogP contribution in [0, 0.1) is 0 Å². The summed E-state index contributed by atoms with van der Waals surface area (Å²) in [5.74, 6) is -0.174. The molecule has 2 atom stereocenters. The van der Waals surface area contributed by atoms with Gasteiger partial charge in [0.25, 0.3) is 5.89 Å². The summed E-state index contributed by atoms with van der Waals surface area (Å²) in [4.78, 5) is 15.1. The molecule has 1 aliphatic heterocycles. The van der Waals surface area contributed by atoms with Crippen molar-refractivity contribution >= 4 is 21.9 Å². The molecule has 6 nitrogen and oxygen atoms in total. The average Bonchev–Trinajstić information content (AvgIpc) is 3.08. The summed E-state index contributed by atoms with van der Waals surface area (Å²) in [7, 11) is 0. The van der Waals surface area contributed by atoms with Crippen molar-refractivity contribution < 1.29 is 19.2 Å². The zero-order chi connectivity index (χ0) is 14.1. The molecule has 0 saturated carbocycles. The molecule has 20 heavy (non-hydrogen) atoms. The van der Waals surface area contributed by atoms with Crippen LogP contribution in [-0.4, -0.2) is 27.3 Å². The Morgan fingerprint density at radius 2 is 2.25 bits per heavy atom. The maximum Gasteiger partial charge on any atom is 0.332 e. The molecule has 7 heteroatoms. The highest BCUT2D eigenvalue weighted by molar-refractivity contribution is 9.10. The Labute approximate surface area is 122 Å². The van der Waals surface area contributed by atoms with Crippen molar-refractivity contribution in [1.29, 1.82) is 0 Å². The largest absolute Gasteiger partial charge is 0.479 e. The molecule has 1 N–H and O–H groups in total. The summed E-state index contributed by atoms with van der Waals surface area (Å²) in [6, 6.07) is 7.53. The van der Waals surface area contributed by atoms with Crippen LogP contribution >= 0.6 is 15.9 Å². The summed E-state index contributed by atoms with van der Waals surface area (Å²) in [5.41, 5.74) is 0.821. The Balaban J connectivity index is 1.79. The van der Waals surface area contributed by atoms with Gasteiger partial charge in [0, 0.05) is 10.0 Å². The van der Waals surface area contributed by atoms with Crippen molar-refractivity contribution in [3.8, 4) is 11.4 Å². The number of nitrogens with zero attached hydrogens (tertiary/aromatic N) is 2. The van der Waals surface area contributed by atoms with Crippen LogP contribution in [0.1, 0.15) is 24.8 Å². The predicted molar refractivity (Wildman–Crippen MR) is 71.9 cm³/mol. The number of aliphatic carboxylic acids is 1. The number of aromatic nitrogens is 2. The molecule has 0 aliphatic carbocycles. The lowest BCUT2D eigenvalue weighted by Crippen LogP contribution is -2.18. The molecular weight excluding hydrogens is 328 g/mol. The molecule has 1 aliphatic rings. The molecule has 0 radical (unpaired) electrons. The maximum atomic E-state index is 10.8. The first-order valence-corrected chi connectivity index (χ1v) is 6.90. The fourth-order valence-electron chi connectivity index (χ4n) is 2.11. The highest BCUT2D eigenvalue weighted by Crippen LogP contribution is 2.33. The number of benzene rings is 1. The van der Waals surface area contributed by atoms with E-state index in [0.717, 1.165) is 10.0 Å². The first-order valence-electron chi connectivity index (χ1n) is 6.11. The third-order valence-electron chi connectivity index (χ3n) is 3.10. The topological polar surface area (TPSA) is 85.5 Å². The van der Waals surface area contributed by atoms with Crippen molar-refractivity contribution in [2.24, 2.45) is 0 Å². The fraction of sp³-hybridized carbons (Fsp3) is 0.308. The minimum atomic E-state index is -0.959. The zero-order valence-corrected chi connectivity index (χ0v) is 11.9. The van der Waals surface area contributed by atoms with Gasteiger partial charge in [-0.05, 0) is 25.0 Å². The van der Waals surface area contributed by atoms with Gasteiger partial charge in [-0.2, -0.15) is 4.98 Å². The summed E-state index contributed by atoms with van der Waals surface area (Å²) in [5, 5.41) is 12.8. The Hall–Kier alpha value is -1.73. The van der Waals surface area contributed by atoms with Crippen LogP contribution in [-0.2, 0) is 9.53 Å². The van der Waals surface area contributed by atoms with Gasteiger partial charge in [-0.1, -0.05) is 33.2 Å². The molecule has 2 heterocycles. The molecule has 1 fully saturated rings. The van der Waals surface area contributed by atoms with Gasteiger partial charge in [-0.15, -0.1) is 0 Å². The first kappa shape index (κ1) is 13.3. The Kier molecular flexibility index (Phi) is 3.54. The van der Waals surface area contributed by atoms with Gasteiger partial charge in [-0.25, -0.2) is 4.79 Å². The van der Waals surface area contributed by atoms with Gasteiger partial charge in [0.1, 0.15) is 6.10 Å². The van der Waals surface area contributed by atoms with E-state index >= 15 is 0 Å². The number of hydrogen-bond acceptors (Lipinski definition) is 5. The lowest BCUT2D eigenvalue weighted by Gasteiger charge is -2.05. The summed E-state index contributed by atoms with van der Waals surface area (Å²) in [6.45, 7) is 0. The minimum Gasteiger partial charge on any atom is -0.479 e. The van der Waals surface area contributed by atoms with E-state index in [1.54, 1.807) is 0 Å². The number of halogens is 1. The SMILES string of the molecule is O=C(O)C1CCC(c2nc(-c3cccc(Br)c3)no2)O1. The molecule has 1 aromatic carbocycles. The van der Waals surface area contributed by atoms with Crippen molar-refractivity contribution in [3.05, 3.63) is 34.6 Å². The number of ether oxygens (including phenoxy) is 1. The van der Waals surface area contributed by atoms with Crippen molar-refractivity contribution in [1.82, 2.24) is 10.1 Å². The summed E-state index contributed by atoms with van der Waals surface area (Å²) in [6.07, 6.45) is -0.211. The van der Waals surface area contributed by atoms with Crippen LogP contribution in [0.3, 0.4) is 0 Å². The number of carboxylic acid groups (broad SMARTS) is 1. The fourth-order valence-corrected chi connectivity index (χ4v) is 2.51. The molecule has 0 spiro atoms. The summed E-state index contributed by atoms with van der Waals surface area (Å²) >= 11 is 3.38. The van der Waals surface area contributed by atoms with E-state index in [4.69, 9.17) is 14.4 Å². The predicted octanol–water partition coefficient (Wildman–Crippen LogP) is 2.80. The van der Waals surface area contributed by atoms with Gasteiger partial charge in [-0.3, -0.25) is 0 Å². The first-order chi connectivity index (χ1) is 9.63. The van der Waals surface area contributed by atoms with Crippen molar-refractivity contribution in [2.75, 3.05) is 0 Å². The monoisotopic (exact) mass is 338 g/mol. The number of carbonyl (C=O) groups is 1. The van der Waals surface area contributed by atoms with E-state index in [9.17, 15) is 4.79 Å². The maximum absolute atomic E-state index is 10.8. The van der Waals surface area contributed by atoms with E-state index in [1.807, 2.05) is 24.3 Å². The highest BCUT2D eigenvalue weighted by Gasteiger charge is 2.34. The van der Waals surface area contributed by atoms with Gasteiger partial charge in [0.15, 0.2) is 6.10 Å². The molecule has 2 unspecified atom stereocenters. The average molecular weight is 339 g/mol. The highest BCUT2D eigenvalue weighted by atomic mass is 79.9. The lowest BCUT2D eigenvalue weighted by molar-refractivity contribution is -0.150. The number of carboxylic acids is 1. The minimum absolute atomic E-state index is 0.323. The second kappa shape index (κ2) is 5.34. The lowest BCUT2D eigenvalue weighted by atomic mass is 10.2. The number of rotatable bonds is 3. The third-order valence-corrected chi connectivity index (χ3v) is 3.59. The van der Waals surface area contributed by atoms with Crippen LogP contribution in [0.5, 0.6) is 0 Å². The molecule has 3 rings (SSSR count). The molecule has 104 valence electrons. The van der Waals surface area contributed by atoms with Gasteiger partial charge in [0.2, 0.25) is 5.82 Å². The quantitative estimate of drug-likeness (QED) is 0.926. The molecule has 0 amide bonds. The van der Waals surface area contributed by atoms with Crippen LogP contribution < -0.4 is 0 Å². The Morgan fingerprint density at radius 3 is 2.95 bits per heavy atom. The second-order valence-corrected chi connectivity index (χ2v) is 5.41.